The summed E-state index contributed by atoms with van der Waals surface area (Å²) >= 11 is 1.32. The lowest BCUT2D eigenvalue weighted by molar-refractivity contribution is -0.121. The van der Waals surface area contributed by atoms with Gasteiger partial charge in [-0.3, -0.25) is 9.69 Å². The molecule has 1 amide bonds. The number of hydrogen-bond acceptors (Lipinski definition) is 5. The first-order chi connectivity index (χ1) is 14.6. The van der Waals surface area contributed by atoms with Crippen LogP contribution < -0.4 is 4.74 Å². The quantitative estimate of drug-likeness (QED) is 0.450. The molecule has 1 heterocycles. The average Bonchev–Trinajstić information content (AvgIpc) is 3.04. The number of carbonyl (C=O) groups is 1. The summed E-state index contributed by atoms with van der Waals surface area (Å²) in [5, 5.41) is 12.5. The molecule has 0 bridgehead atoms. The number of phenols is 1. The summed E-state index contributed by atoms with van der Waals surface area (Å²) in [5.41, 5.74) is 1.57. The third-order valence-electron chi connectivity index (χ3n) is 4.68. The van der Waals surface area contributed by atoms with Gasteiger partial charge in [-0.2, -0.15) is 0 Å². The SMILES string of the molecule is C=CCN1C(=O)C(=Cc2ccc(O)c(OC)c2)SC1=Nc1cccc2ccccc12. The highest BCUT2D eigenvalue weighted by atomic mass is 32.2. The first kappa shape index (κ1) is 19.8. The zero-order chi connectivity index (χ0) is 21.1. The van der Waals surface area contributed by atoms with Crippen LogP contribution in [0.2, 0.25) is 0 Å². The molecule has 5 nitrogen and oxygen atoms in total. The second kappa shape index (κ2) is 8.47. The number of rotatable bonds is 5. The Bertz CT molecular complexity index is 1190. The van der Waals surface area contributed by atoms with Gasteiger partial charge in [-0.05, 0) is 47.0 Å². The Balaban J connectivity index is 1.74. The number of phenolic OH excluding ortho intramolecular Hbond substituents is 1. The van der Waals surface area contributed by atoms with Crippen LogP contribution in [0, 0.1) is 0 Å². The maximum absolute atomic E-state index is 13.0. The summed E-state index contributed by atoms with van der Waals surface area (Å²) in [6.07, 6.45) is 3.46. The number of benzene rings is 3. The van der Waals surface area contributed by atoms with Crippen molar-refractivity contribution in [2.45, 2.75) is 0 Å². The van der Waals surface area contributed by atoms with E-state index in [1.807, 2.05) is 42.5 Å². The predicted molar refractivity (Wildman–Crippen MR) is 123 cm³/mol. The molecule has 0 unspecified atom stereocenters. The standard InChI is InChI=1S/C24H20N2O3S/c1-3-13-26-23(28)22(15-16-11-12-20(27)21(14-16)29-2)30-24(26)25-19-10-6-8-17-7-4-5-9-18(17)19/h3-12,14-15,27H,1,13H2,2H3. The Kier molecular flexibility index (Phi) is 5.59. The Labute approximate surface area is 179 Å². The van der Waals surface area contributed by atoms with E-state index < -0.39 is 0 Å². The van der Waals surface area contributed by atoms with Gasteiger partial charge in [0, 0.05) is 11.9 Å². The predicted octanol–water partition coefficient (Wildman–Crippen LogP) is 5.34. The van der Waals surface area contributed by atoms with E-state index in [1.54, 1.807) is 35.3 Å². The number of methoxy groups -OCH3 is 1. The van der Waals surface area contributed by atoms with Crippen LogP contribution in [-0.4, -0.2) is 34.7 Å². The number of nitrogens with zero attached hydrogens (tertiary/aromatic N) is 2. The van der Waals surface area contributed by atoms with E-state index in [0.29, 0.717) is 22.4 Å². The molecule has 3 aromatic rings. The van der Waals surface area contributed by atoms with Crippen molar-refractivity contribution in [2.75, 3.05) is 13.7 Å². The Morgan fingerprint density at radius 2 is 1.97 bits per heavy atom. The molecule has 1 saturated heterocycles. The average molecular weight is 417 g/mol. The summed E-state index contributed by atoms with van der Waals surface area (Å²) < 4.78 is 5.16. The van der Waals surface area contributed by atoms with Gasteiger partial charge in [0.05, 0.1) is 17.7 Å². The fourth-order valence-corrected chi connectivity index (χ4v) is 4.23. The smallest absolute Gasteiger partial charge is 0.267 e. The van der Waals surface area contributed by atoms with Crippen LogP contribution in [0.3, 0.4) is 0 Å². The lowest BCUT2D eigenvalue weighted by Crippen LogP contribution is -2.29. The van der Waals surface area contributed by atoms with E-state index in [9.17, 15) is 9.90 Å². The number of aromatic hydroxyl groups is 1. The molecule has 6 heteroatoms. The van der Waals surface area contributed by atoms with Crippen molar-refractivity contribution in [3.63, 3.8) is 0 Å². The first-order valence-electron chi connectivity index (χ1n) is 9.36. The first-order valence-corrected chi connectivity index (χ1v) is 10.2. The minimum Gasteiger partial charge on any atom is -0.504 e. The Morgan fingerprint density at radius 3 is 2.77 bits per heavy atom. The number of thioether (sulfide) groups is 1. The lowest BCUT2D eigenvalue weighted by Gasteiger charge is -2.13. The van der Waals surface area contributed by atoms with Crippen LogP contribution in [-0.2, 0) is 4.79 Å². The molecule has 0 aliphatic carbocycles. The van der Waals surface area contributed by atoms with Crippen molar-refractivity contribution in [1.82, 2.24) is 4.90 Å². The van der Waals surface area contributed by atoms with Crippen molar-refractivity contribution >= 4 is 45.4 Å². The maximum atomic E-state index is 13.0. The molecule has 4 rings (SSSR count). The number of hydrogen-bond donors (Lipinski definition) is 1. The number of ether oxygens (including phenoxy) is 1. The lowest BCUT2D eigenvalue weighted by atomic mass is 10.1. The summed E-state index contributed by atoms with van der Waals surface area (Å²) in [4.78, 5) is 20.0. The second-order valence-electron chi connectivity index (χ2n) is 6.64. The Hall–Kier alpha value is -3.51. The van der Waals surface area contributed by atoms with E-state index >= 15 is 0 Å². The van der Waals surface area contributed by atoms with E-state index in [-0.39, 0.29) is 11.7 Å². The van der Waals surface area contributed by atoms with E-state index in [0.717, 1.165) is 22.0 Å². The number of amides is 1. The highest BCUT2D eigenvalue weighted by molar-refractivity contribution is 8.18. The number of fused-ring (bicyclic) bond motifs is 1. The Morgan fingerprint density at radius 1 is 1.17 bits per heavy atom. The monoisotopic (exact) mass is 416 g/mol. The molecule has 3 aromatic carbocycles. The summed E-state index contributed by atoms with van der Waals surface area (Å²) in [5.74, 6) is 0.273. The molecular formula is C24H20N2O3S. The highest BCUT2D eigenvalue weighted by Gasteiger charge is 2.32. The molecular weight excluding hydrogens is 396 g/mol. The van der Waals surface area contributed by atoms with Crippen LogP contribution in [0.1, 0.15) is 5.56 Å². The van der Waals surface area contributed by atoms with Crippen LogP contribution in [0.4, 0.5) is 5.69 Å². The third kappa shape index (κ3) is 3.82. The number of amidine groups is 1. The van der Waals surface area contributed by atoms with Gasteiger partial charge >= 0.3 is 0 Å². The largest absolute Gasteiger partial charge is 0.504 e. The summed E-state index contributed by atoms with van der Waals surface area (Å²) in [6.45, 7) is 4.14. The van der Waals surface area contributed by atoms with Gasteiger partial charge in [-0.1, -0.05) is 48.5 Å². The fraction of sp³-hybridized carbons (Fsp3) is 0.0833. The van der Waals surface area contributed by atoms with Crippen molar-refractivity contribution in [3.8, 4) is 11.5 Å². The van der Waals surface area contributed by atoms with Crippen LogP contribution >= 0.6 is 11.8 Å². The van der Waals surface area contributed by atoms with E-state index in [1.165, 1.54) is 18.9 Å². The van der Waals surface area contributed by atoms with Crippen molar-refractivity contribution in [3.05, 3.63) is 83.8 Å². The molecule has 150 valence electrons. The highest BCUT2D eigenvalue weighted by Crippen LogP contribution is 2.36. The topological polar surface area (TPSA) is 62.1 Å². The zero-order valence-corrected chi connectivity index (χ0v) is 17.2. The van der Waals surface area contributed by atoms with Crippen molar-refractivity contribution in [2.24, 2.45) is 4.99 Å². The molecule has 0 aromatic heterocycles. The van der Waals surface area contributed by atoms with E-state index in [4.69, 9.17) is 9.73 Å². The van der Waals surface area contributed by atoms with Gasteiger partial charge in [0.25, 0.3) is 5.91 Å². The summed E-state index contributed by atoms with van der Waals surface area (Å²) in [6, 6.07) is 18.9. The number of aliphatic imine (C=N–C) groups is 1. The van der Waals surface area contributed by atoms with E-state index in [2.05, 4.69) is 6.58 Å². The van der Waals surface area contributed by atoms with Crippen LogP contribution in [0.15, 0.2) is 83.2 Å². The fourth-order valence-electron chi connectivity index (χ4n) is 3.23. The minimum atomic E-state index is -0.133. The van der Waals surface area contributed by atoms with Gasteiger partial charge in [0.1, 0.15) is 0 Å². The molecule has 30 heavy (non-hydrogen) atoms. The molecule has 1 fully saturated rings. The third-order valence-corrected chi connectivity index (χ3v) is 5.69. The van der Waals surface area contributed by atoms with Crippen LogP contribution in [0.5, 0.6) is 11.5 Å². The molecule has 1 aliphatic heterocycles. The normalized spacial score (nSPS) is 16.6. The van der Waals surface area contributed by atoms with Gasteiger partial charge in [-0.15, -0.1) is 6.58 Å². The van der Waals surface area contributed by atoms with Crippen molar-refractivity contribution in [1.29, 1.82) is 0 Å². The maximum Gasteiger partial charge on any atom is 0.267 e. The van der Waals surface area contributed by atoms with Crippen molar-refractivity contribution < 1.29 is 14.6 Å². The molecule has 1 aliphatic rings. The zero-order valence-electron chi connectivity index (χ0n) is 16.4. The molecule has 0 spiro atoms. The second-order valence-corrected chi connectivity index (χ2v) is 7.65. The molecule has 0 saturated carbocycles. The summed E-state index contributed by atoms with van der Waals surface area (Å²) in [7, 11) is 1.49. The van der Waals surface area contributed by atoms with Gasteiger partial charge < -0.3 is 9.84 Å². The molecule has 0 atom stereocenters. The van der Waals surface area contributed by atoms with Gasteiger partial charge in [-0.25, -0.2) is 4.99 Å². The van der Waals surface area contributed by atoms with Gasteiger partial charge in [0.15, 0.2) is 16.7 Å². The number of carbonyl (C=O) groups excluding carboxylic acids is 1. The van der Waals surface area contributed by atoms with Crippen LogP contribution in [0.25, 0.3) is 16.8 Å². The van der Waals surface area contributed by atoms with Gasteiger partial charge in [0.2, 0.25) is 0 Å². The molecule has 1 N–H and O–H groups in total. The molecule has 0 radical (unpaired) electrons. The minimum absolute atomic E-state index is 0.0524.